The van der Waals surface area contributed by atoms with Crippen LogP contribution >= 0.6 is 11.8 Å². The van der Waals surface area contributed by atoms with Gasteiger partial charge >= 0.3 is 0 Å². The Labute approximate surface area is 172 Å². The van der Waals surface area contributed by atoms with Crippen molar-refractivity contribution in [2.24, 2.45) is 0 Å². The molecule has 4 heteroatoms. The molecule has 2 aromatic carbocycles. The molecule has 1 saturated carbocycles. The van der Waals surface area contributed by atoms with Crippen molar-refractivity contribution in [3.63, 3.8) is 0 Å². The molecular weight excluding hydrogens is 362 g/mol. The Morgan fingerprint density at radius 3 is 2.36 bits per heavy atom. The van der Waals surface area contributed by atoms with E-state index in [0.29, 0.717) is 5.92 Å². The second kappa shape index (κ2) is 8.52. The summed E-state index contributed by atoms with van der Waals surface area (Å²) in [6.07, 6.45) is 6.41. The molecule has 1 aliphatic rings. The monoisotopic (exact) mass is 391 g/mol. The zero-order valence-electron chi connectivity index (χ0n) is 17.1. The van der Waals surface area contributed by atoms with Crippen molar-refractivity contribution in [3.05, 3.63) is 70.5 Å². The Morgan fingerprint density at radius 2 is 1.64 bits per heavy atom. The van der Waals surface area contributed by atoms with Crippen molar-refractivity contribution in [1.82, 2.24) is 14.8 Å². The van der Waals surface area contributed by atoms with Gasteiger partial charge in [-0.3, -0.25) is 4.57 Å². The number of aromatic nitrogens is 3. The SMILES string of the molecule is Cc1ccc(-n2c(SCc3ccc(C)c(C)c3)nnc2C2CCCCC2)cc1. The first-order valence-electron chi connectivity index (χ1n) is 10.3. The third-order valence-electron chi connectivity index (χ3n) is 5.86. The van der Waals surface area contributed by atoms with Gasteiger partial charge < -0.3 is 0 Å². The molecule has 0 saturated heterocycles. The largest absolute Gasteiger partial charge is 0.274 e. The molecule has 3 nitrogen and oxygen atoms in total. The van der Waals surface area contributed by atoms with Crippen LogP contribution in [0.5, 0.6) is 0 Å². The molecule has 0 atom stereocenters. The minimum absolute atomic E-state index is 0.526. The average molecular weight is 392 g/mol. The van der Waals surface area contributed by atoms with E-state index in [4.69, 9.17) is 0 Å². The summed E-state index contributed by atoms with van der Waals surface area (Å²) in [6.45, 7) is 6.48. The number of thioether (sulfide) groups is 1. The minimum Gasteiger partial charge on any atom is -0.274 e. The molecule has 1 aromatic heterocycles. The van der Waals surface area contributed by atoms with Crippen molar-refractivity contribution in [1.29, 1.82) is 0 Å². The molecule has 0 bridgehead atoms. The predicted molar refractivity (Wildman–Crippen MR) is 117 cm³/mol. The summed E-state index contributed by atoms with van der Waals surface area (Å²) in [6, 6.07) is 15.5. The van der Waals surface area contributed by atoms with Gasteiger partial charge in [0.15, 0.2) is 5.16 Å². The number of nitrogens with zero attached hydrogens (tertiary/aromatic N) is 3. The van der Waals surface area contributed by atoms with Crippen LogP contribution in [0.4, 0.5) is 0 Å². The van der Waals surface area contributed by atoms with Gasteiger partial charge in [0.05, 0.1) is 0 Å². The fourth-order valence-corrected chi connectivity index (χ4v) is 4.88. The predicted octanol–water partition coefficient (Wildman–Crippen LogP) is 6.53. The molecule has 146 valence electrons. The van der Waals surface area contributed by atoms with Gasteiger partial charge in [0.25, 0.3) is 0 Å². The Balaban J connectivity index is 1.64. The minimum atomic E-state index is 0.526. The smallest absolute Gasteiger partial charge is 0.196 e. The molecule has 4 rings (SSSR count). The highest BCUT2D eigenvalue weighted by Gasteiger charge is 2.24. The number of hydrogen-bond donors (Lipinski definition) is 0. The van der Waals surface area contributed by atoms with Gasteiger partial charge in [0.1, 0.15) is 5.82 Å². The van der Waals surface area contributed by atoms with E-state index in [1.807, 2.05) is 0 Å². The van der Waals surface area contributed by atoms with Crippen LogP contribution in [0.2, 0.25) is 0 Å². The summed E-state index contributed by atoms with van der Waals surface area (Å²) in [5, 5.41) is 10.3. The van der Waals surface area contributed by atoms with E-state index in [1.54, 1.807) is 11.8 Å². The molecule has 1 heterocycles. The van der Waals surface area contributed by atoms with Crippen LogP contribution in [0, 0.1) is 20.8 Å². The summed E-state index contributed by atoms with van der Waals surface area (Å²) in [5.74, 6) is 2.58. The quantitative estimate of drug-likeness (QED) is 0.463. The Hall–Kier alpha value is -2.07. The maximum Gasteiger partial charge on any atom is 0.196 e. The van der Waals surface area contributed by atoms with Crippen LogP contribution < -0.4 is 0 Å². The fourth-order valence-electron chi connectivity index (χ4n) is 3.98. The number of hydrogen-bond acceptors (Lipinski definition) is 3. The van der Waals surface area contributed by atoms with Crippen LogP contribution in [0.1, 0.15) is 66.1 Å². The lowest BCUT2D eigenvalue weighted by atomic mass is 9.88. The first-order chi connectivity index (χ1) is 13.6. The van der Waals surface area contributed by atoms with E-state index in [0.717, 1.165) is 16.7 Å². The molecule has 0 unspecified atom stereocenters. The standard InChI is InChI=1S/C24H29N3S/c1-17-9-13-22(14-10-17)27-23(21-7-5-4-6-8-21)25-26-24(27)28-16-20-12-11-18(2)19(3)15-20/h9-15,21H,4-8,16H2,1-3H3. The highest BCUT2D eigenvalue weighted by Crippen LogP contribution is 2.35. The summed E-state index contributed by atoms with van der Waals surface area (Å²) < 4.78 is 2.31. The van der Waals surface area contributed by atoms with Gasteiger partial charge in [-0.2, -0.15) is 0 Å². The van der Waals surface area contributed by atoms with E-state index in [1.165, 1.54) is 60.0 Å². The molecule has 0 amide bonds. The lowest BCUT2D eigenvalue weighted by molar-refractivity contribution is 0.423. The zero-order chi connectivity index (χ0) is 19.5. The number of rotatable bonds is 5. The van der Waals surface area contributed by atoms with E-state index in [-0.39, 0.29) is 0 Å². The molecule has 0 aliphatic heterocycles. The highest BCUT2D eigenvalue weighted by molar-refractivity contribution is 7.98. The summed E-state index contributed by atoms with van der Waals surface area (Å²) >= 11 is 1.79. The van der Waals surface area contributed by atoms with Crippen LogP contribution in [-0.4, -0.2) is 14.8 Å². The molecule has 1 aliphatic carbocycles. The van der Waals surface area contributed by atoms with Gasteiger partial charge in [-0.1, -0.05) is 66.9 Å². The van der Waals surface area contributed by atoms with Gasteiger partial charge in [0.2, 0.25) is 0 Å². The van der Waals surface area contributed by atoms with Crippen molar-refractivity contribution in [2.45, 2.75) is 69.7 Å². The zero-order valence-corrected chi connectivity index (χ0v) is 17.9. The molecule has 1 fully saturated rings. The lowest BCUT2D eigenvalue weighted by Crippen LogP contribution is -2.12. The normalized spacial score (nSPS) is 15.1. The van der Waals surface area contributed by atoms with Gasteiger partial charge in [0, 0.05) is 17.4 Å². The Kier molecular flexibility index (Phi) is 5.86. The number of aryl methyl sites for hydroxylation is 3. The Morgan fingerprint density at radius 1 is 0.893 bits per heavy atom. The molecular formula is C24H29N3S. The van der Waals surface area contributed by atoms with E-state index >= 15 is 0 Å². The van der Waals surface area contributed by atoms with Crippen LogP contribution in [0.15, 0.2) is 47.6 Å². The maximum absolute atomic E-state index is 4.67. The lowest BCUT2D eigenvalue weighted by Gasteiger charge is -2.22. The highest BCUT2D eigenvalue weighted by atomic mass is 32.2. The molecule has 0 radical (unpaired) electrons. The maximum atomic E-state index is 4.67. The topological polar surface area (TPSA) is 30.7 Å². The molecule has 0 spiro atoms. The Bertz CT molecular complexity index is 937. The van der Waals surface area contributed by atoms with E-state index < -0.39 is 0 Å². The van der Waals surface area contributed by atoms with Crippen molar-refractivity contribution in [2.75, 3.05) is 0 Å². The first kappa shape index (κ1) is 19.3. The van der Waals surface area contributed by atoms with Gasteiger partial charge in [-0.15, -0.1) is 10.2 Å². The fraction of sp³-hybridized carbons (Fsp3) is 0.417. The molecule has 3 aromatic rings. The summed E-state index contributed by atoms with van der Waals surface area (Å²) in [4.78, 5) is 0. The number of benzene rings is 2. The van der Waals surface area contributed by atoms with Gasteiger partial charge in [-0.25, -0.2) is 0 Å². The van der Waals surface area contributed by atoms with E-state index in [9.17, 15) is 0 Å². The second-order valence-corrected chi connectivity index (χ2v) is 9.00. The third kappa shape index (κ3) is 4.17. The summed E-state index contributed by atoms with van der Waals surface area (Å²) in [5.41, 5.74) is 6.49. The van der Waals surface area contributed by atoms with Crippen molar-refractivity contribution in [3.8, 4) is 5.69 Å². The van der Waals surface area contributed by atoms with Crippen molar-refractivity contribution < 1.29 is 0 Å². The van der Waals surface area contributed by atoms with Crippen LogP contribution in [-0.2, 0) is 5.75 Å². The van der Waals surface area contributed by atoms with Crippen LogP contribution in [0.3, 0.4) is 0 Å². The third-order valence-corrected chi connectivity index (χ3v) is 6.86. The second-order valence-electron chi connectivity index (χ2n) is 8.05. The summed E-state index contributed by atoms with van der Waals surface area (Å²) in [7, 11) is 0. The average Bonchev–Trinajstić information content (AvgIpc) is 3.14. The van der Waals surface area contributed by atoms with E-state index in [2.05, 4.69) is 78.0 Å². The first-order valence-corrected chi connectivity index (χ1v) is 11.3. The van der Waals surface area contributed by atoms with Gasteiger partial charge in [-0.05, 0) is 62.4 Å². The molecule has 0 N–H and O–H groups in total. The van der Waals surface area contributed by atoms with Crippen LogP contribution in [0.25, 0.3) is 5.69 Å². The van der Waals surface area contributed by atoms with Crippen molar-refractivity contribution >= 4 is 11.8 Å². The molecule has 28 heavy (non-hydrogen) atoms.